The molecule has 0 fully saturated rings. The summed E-state index contributed by atoms with van der Waals surface area (Å²) in [5.74, 6) is 0.737. The van der Waals surface area contributed by atoms with Crippen LogP contribution in [0.3, 0.4) is 0 Å². The zero-order chi connectivity index (χ0) is 15.4. The van der Waals surface area contributed by atoms with E-state index < -0.39 is 0 Å². The molecule has 1 N–H and O–H groups in total. The summed E-state index contributed by atoms with van der Waals surface area (Å²) in [6.45, 7) is 0.646. The molecule has 112 valence electrons. The first kappa shape index (κ1) is 14.5. The smallest absolute Gasteiger partial charge is 0.130 e. The molecule has 1 heterocycles. The highest BCUT2D eigenvalue weighted by Crippen LogP contribution is 2.20. The Morgan fingerprint density at radius 3 is 2.45 bits per heavy atom. The molecular formula is C18H18FN3. The van der Waals surface area contributed by atoms with E-state index in [2.05, 4.69) is 22.4 Å². The van der Waals surface area contributed by atoms with Gasteiger partial charge in [0.05, 0.1) is 6.04 Å². The van der Waals surface area contributed by atoms with E-state index in [1.54, 1.807) is 18.3 Å². The van der Waals surface area contributed by atoms with E-state index in [1.165, 1.54) is 12.1 Å². The Labute approximate surface area is 129 Å². The number of rotatable bonds is 5. The summed E-state index contributed by atoms with van der Waals surface area (Å²) < 4.78 is 15.0. The molecule has 22 heavy (non-hydrogen) atoms. The standard InChI is InChI=1S/C18H18FN3/c1-22-12-11-20-18(22)17(15-5-3-2-4-6-15)21-13-14-7-9-16(19)10-8-14/h2-12,17,21H,13H2,1H3/t17-/m0/s1. The van der Waals surface area contributed by atoms with E-state index in [1.807, 2.05) is 36.0 Å². The van der Waals surface area contributed by atoms with Crippen LogP contribution < -0.4 is 5.32 Å². The zero-order valence-electron chi connectivity index (χ0n) is 12.4. The van der Waals surface area contributed by atoms with Gasteiger partial charge in [0.15, 0.2) is 0 Å². The van der Waals surface area contributed by atoms with Crippen LogP contribution in [-0.2, 0) is 13.6 Å². The van der Waals surface area contributed by atoms with E-state index >= 15 is 0 Å². The Morgan fingerprint density at radius 1 is 1.09 bits per heavy atom. The minimum absolute atomic E-state index is 0.00810. The third-order valence-corrected chi connectivity index (χ3v) is 3.67. The molecule has 3 aromatic rings. The molecule has 0 unspecified atom stereocenters. The lowest BCUT2D eigenvalue weighted by Crippen LogP contribution is -2.24. The Bertz CT molecular complexity index is 720. The molecule has 0 aliphatic heterocycles. The van der Waals surface area contributed by atoms with E-state index in [0.29, 0.717) is 6.54 Å². The van der Waals surface area contributed by atoms with Crippen molar-refractivity contribution in [2.75, 3.05) is 0 Å². The average Bonchev–Trinajstić information content (AvgIpc) is 2.97. The molecule has 3 nitrogen and oxygen atoms in total. The predicted molar refractivity (Wildman–Crippen MR) is 84.7 cm³/mol. The molecule has 1 atom stereocenters. The Kier molecular flexibility index (Phi) is 4.30. The number of hydrogen-bond donors (Lipinski definition) is 1. The zero-order valence-corrected chi connectivity index (χ0v) is 12.4. The van der Waals surface area contributed by atoms with Crippen LogP contribution in [0.5, 0.6) is 0 Å². The van der Waals surface area contributed by atoms with Crippen molar-refractivity contribution >= 4 is 0 Å². The van der Waals surface area contributed by atoms with Gasteiger partial charge in [0.25, 0.3) is 0 Å². The summed E-state index contributed by atoms with van der Waals surface area (Å²) in [4.78, 5) is 4.46. The molecule has 3 rings (SSSR count). The first-order valence-electron chi connectivity index (χ1n) is 7.24. The maximum absolute atomic E-state index is 13.0. The monoisotopic (exact) mass is 295 g/mol. The summed E-state index contributed by atoms with van der Waals surface area (Å²) in [6, 6.07) is 16.7. The van der Waals surface area contributed by atoms with Crippen LogP contribution in [0, 0.1) is 5.82 Å². The van der Waals surface area contributed by atoms with Gasteiger partial charge in [-0.25, -0.2) is 9.37 Å². The third-order valence-electron chi connectivity index (χ3n) is 3.67. The summed E-state index contributed by atoms with van der Waals surface area (Å²) >= 11 is 0. The molecule has 0 bridgehead atoms. The minimum Gasteiger partial charge on any atom is -0.336 e. The fourth-order valence-corrected chi connectivity index (χ4v) is 2.48. The fraction of sp³-hybridized carbons (Fsp3) is 0.167. The van der Waals surface area contributed by atoms with Crippen LogP contribution in [0.15, 0.2) is 67.0 Å². The highest BCUT2D eigenvalue weighted by molar-refractivity contribution is 5.26. The van der Waals surface area contributed by atoms with Gasteiger partial charge in [0, 0.05) is 26.0 Å². The van der Waals surface area contributed by atoms with Gasteiger partial charge in [-0.3, -0.25) is 5.32 Å². The topological polar surface area (TPSA) is 29.9 Å². The number of nitrogens with one attached hydrogen (secondary N) is 1. The Morgan fingerprint density at radius 2 is 1.82 bits per heavy atom. The second-order valence-corrected chi connectivity index (χ2v) is 5.25. The van der Waals surface area contributed by atoms with Crippen LogP contribution in [0.1, 0.15) is 23.0 Å². The van der Waals surface area contributed by atoms with Crippen molar-refractivity contribution < 1.29 is 4.39 Å². The van der Waals surface area contributed by atoms with Gasteiger partial charge >= 0.3 is 0 Å². The third kappa shape index (κ3) is 3.23. The highest BCUT2D eigenvalue weighted by Gasteiger charge is 2.17. The van der Waals surface area contributed by atoms with E-state index in [0.717, 1.165) is 17.0 Å². The summed E-state index contributed by atoms with van der Waals surface area (Å²) in [7, 11) is 1.98. The average molecular weight is 295 g/mol. The van der Waals surface area contributed by atoms with Crippen molar-refractivity contribution in [3.63, 3.8) is 0 Å². The van der Waals surface area contributed by atoms with Gasteiger partial charge in [-0.15, -0.1) is 0 Å². The van der Waals surface area contributed by atoms with Crippen molar-refractivity contribution in [1.82, 2.24) is 14.9 Å². The maximum Gasteiger partial charge on any atom is 0.130 e. The summed E-state index contributed by atoms with van der Waals surface area (Å²) in [6.07, 6.45) is 3.73. The molecule has 2 aromatic carbocycles. The van der Waals surface area contributed by atoms with Gasteiger partial charge in [0.1, 0.15) is 11.6 Å². The first-order chi connectivity index (χ1) is 10.7. The number of aromatic nitrogens is 2. The van der Waals surface area contributed by atoms with Crippen LogP contribution in [-0.4, -0.2) is 9.55 Å². The lowest BCUT2D eigenvalue weighted by molar-refractivity contribution is 0.557. The van der Waals surface area contributed by atoms with Gasteiger partial charge < -0.3 is 4.57 Å². The van der Waals surface area contributed by atoms with E-state index in [4.69, 9.17) is 0 Å². The summed E-state index contributed by atoms with van der Waals surface area (Å²) in [5, 5.41) is 3.51. The second kappa shape index (κ2) is 6.54. The van der Waals surface area contributed by atoms with Crippen LogP contribution in [0.4, 0.5) is 4.39 Å². The normalized spacial score (nSPS) is 12.3. The minimum atomic E-state index is -0.215. The maximum atomic E-state index is 13.0. The summed E-state index contributed by atoms with van der Waals surface area (Å²) in [5.41, 5.74) is 2.19. The molecule has 0 amide bonds. The van der Waals surface area contributed by atoms with Crippen LogP contribution in [0.2, 0.25) is 0 Å². The Balaban J connectivity index is 1.83. The van der Waals surface area contributed by atoms with Gasteiger partial charge in [-0.1, -0.05) is 42.5 Å². The lowest BCUT2D eigenvalue weighted by Gasteiger charge is -2.19. The number of benzene rings is 2. The quantitative estimate of drug-likeness (QED) is 0.781. The molecule has 0 aliphatic rings. The Hall–Kier alpha value is -2.46. The van der Waals surface area contributed by atoms with Gasteiger partial charge in [0.2, 0.25) is 0 Å². The number of hydrogen-bond acceptors (Lipinski definition) is 2. The van der Waals surface area contributed by atoms with E-state index in [9.17, 15) is 4.39 Å². The predicted octanol–water partition coefficient (Wildman–Crippen LogP) is 3.44. The molecule has 1 aromatic heterocycles. The van der Waals surface area contributed by atoms with Crippen molar-refractivity contribution in [2.45, 2.75) is 12.6 Å². The molecule has 0 radical (unpaired) electrons. The van der Waals surface area contributed by atoms with E-state index in [-0.39, 0.29) is 11.9 Å². The van der Waals surface area contributed by atoms with Crippen LogP contribution in [0.25, 0.3) is 0 Å². The van der Waals surface area contributed by atoms with Crippen LogP contribution >= 0.6 is 0 Å². The molecule has 0 aliphatic carbocycles. The molecule has 0 saturated carbocycles. The number of halogens is 1. The lowest BCUT2D eigenvalue weighted by atomic mass is 10.1. The number of aryl methyl sites for hydroxylation is 1. The van der Waals surface area contributed by atoms with Crippen molar-refractivity contribution in [2.24, 2.45) is 7.05 Å². The largest absolute Gasteiger partial charge is 0.336 e. The number of imidazole rings is 1. The fourth-order valence-electron chi connectivity index (χ4n) is 2.48. The first-order valence-corrected chi connectivity index (χ1v) is 7.24. The highest BCUT2D eigenvalue weighted by atomic mass is 19.1. The van der Waals surface area contributed by atoms with Gasteiger partial charge in [-0.2, -0.15) is 0 Å². The van der Waals surface area contributed by atoms with Crippen molar-refractivity contribution in [3.8, 4) is 0 Å². The SMILES string of the molecule is Cn1ccnc1[C@@H](NCc1ccc(F)cc1)c1ccccc1. The van der Waals surface area contributed by atoms with Gasteiger partial charge in [-0.05, 0) is 23.3 Å². The van der Waals surface area contributed by atoms with Crippen molar-refractivity contribution in [3.05, 3.63) is 89.8 Å². The molecular weight excluding hydrogens is 277 g/mol. The number of nitrogens with zero attached hydrogens (tertiary/aromatic N) is 2. The molecule has 0 spiro atoms. The van der Waals surface area contributed by atoms with Crippen molar-refractivity contribution in [1.29, 1.82) is 0 Å². The molecule has 4 heteroatoms. The molecule has 0 saturated heterocycles. The second-order valence-electron chi connectivity index (χ2n) is 5.25.